The summed E-state index contributed by atoms with van der Waals surface area (Å²) in [6.07, 6.45) is -15.0. The first-order valence-electron chi connectivity index (χ1n) is 9.75. The number of carbonyl (C=O) groups excluding carboxylic acids is 1. The molecular weight excluding hydrogens is 513 g/mol. The highest BCUT2D eigenvalue weighted by Crippen LogP contribution is 2.51. The fourth-order valence-electron chi connectivity index (χ4n) is 3.75. The van der Waals surface area contributed by atoms with E-state index in [-0.39, 0.29) is 35.1 Å². The van der Waals surface area contributed by atoms with Crippen LogP contribution in [-0.2, 0) is 27.5 Å². The molecule has 0 bridgehead atoms. The van der Waals surface area contributed by atoms with Crippen LogP contribution in [0.4, 0.5) is 39.5 Å². The van der Waals surface area contributed by atoms with Crippen LogP contribution in [0.5, 0.6) is 0 Å². The number of methoxy groups -OCH3 is 1. The van der Waals surface area contributed by atoms with Gasteiger partial charge in [0.1, 0.15) is 11.3 Å². The lowest BCUT2D eigenvalue weighted by molar-refractivity contribution is -0.276. The normalized spacial score (nSPS) is 18.8. The molecule has 3 heterocycles. The van der Waals surface area contributed by atoms with Gasteiger partial charge in [0.25, 0.3) is 5.60 Å². The molecule has 6 nitrogen and oxygen atoms in total. The highest BCUT2D eigenvalue weighted by molar-refractivity contribution is 6.07. The third-order valence-corrected chi connectivity index (χ3v) is 5.49. The molecule has 0 saturated carbocycles. The smallest absolute Gasteiger partial charge is 0.435 e. The largest absolute Gasteiger partial charge is 0.464 e. The molecule has 1 atom stereocenters. The predicted octanol–water partition coefficient (Wildman–Crippen LogP) is 5.74. The van der Waals surface area contributed by atoms with Crippen LogP contribution in [0.2, 0.25) is 0 Å². The maximum atomic E-state index is 14.3. The van der Waals surface area contributed by atoms with E-state index in [0.29, 0.717) is 0 Å². The fraction of sp³-hybridized carbons (Fsp3) is 0.286. The number of rotatable bonds is 3. The number of pyridine rings is 1. The molecule has 1 aliphatic heterocycles. The highest BCUT2D eigenvalue weighted by atomic mass is 19.4. The van der Waals surface area contributed by atoms with Crippen LogP contribution in [0.25, 0.3) is 5.65 Å². The van der Waals surface area contributed by atoms with Crippen molar-refractivity contribution < 1.29 is 53.9 Å². The van der Waals surface area contributed by atoms with Crippen molar-refractivity contribution in [2.24, 2.45) is 5.16 Å². The number of nitrogens with zero attached hydrogens (tertiary/aromatic N) is 3. The second-order valence-corrected chi connectivity index (χ2v) is 7.67. The summed E-state index contributed by atoms with van der Waals surface area (Å²) in [6.45, 7) is 0. The lowest BCUT2D eigenvalue weighted by atomic mass is 9.84. The molecule has 1 unspecified atom stereocenters. The van der Waals surface area contributed by atoms with Crippen molar-refractivity contribution in [3.05, 3.63) is 70.7 Å². The van der Waals surface area contributed by atoms with E-state index >= 15 is 0 Å². The van der Waals surface area contributed by atoms with Crippen LogP contribution in [0, 0.1) is 0 Å². The summed E-state index contributed by atoms with van der Waals surface area (Å²) in [7, 11) is 1.09. The molecule has 0 spiro atoms. The zero-order chi connectivity index (χ0) is 26.7. The Kier molecular flexibility index (Phi) is 5.72. The molecule has 0 fully saturated rings. The van der Waals surface area contributed by atoms with Crippen LogP contribution in [0.15, 0.2) is 47.9 Å². The van der Waals surface area contributed by atoms with E-state index in [1.54, 1.807) is 0 Å². The summed E-state index contributed by atoms with van der Waals surface area (Å²) < 4.78 is 128. The zero-order valence-corrected chi connectivity index (χ0v) is 17.7. The molecule has 2 aromatic heterocycles. The standard InChI is InChI=1S/C21H12F9N3O3/c1-35-17(34)15-3-2-13(16-31-4-5-33(15)16)14-9-18(36-32-14,21(28,29)30)10-6-11(19(22,23)24)8-12(7-10)20(25,26)27/h2-8H,9H2,1H3. The maximum Gasteiger partial charge on any atom is 0.435 e. The first-order chi connectivity index (χ1) is 16.6. The number of ether oxygens (including phenoxy) is 1. The van der Waals surface area contributed by atoms with Crippen LogP contribution < -0.4 is 0 Å². The van der Waals surface area contributed by atoms with E-state index < -0.39 is 58.9 Å². The van der Waals surface area contributed by atoms with E-state index in [4.69, 9.17) is 0 Å². The van der Waals surface area contributed by atoms with E-state index in [1.807, 2.05) is 0 Å². The summed E-state index contributed by atoms with van der Waals surface area (Å²) in [6, 6.07) is 1.96. The fourth-order valence-corrected chi connectivity index (χ4v) is 3.75. The zero-order valence-electron chi connectivity index (χ0n) is 17.7. The Morgan fingerprint density at radius 3 is 2.14 bits per heavy atom. The number of benzene rings is 1. The van der Waals surface area contributed by atoms with Crippen molar-refractivity contribution >= 4 is 17.3 Å². The molecule has 0 amide bonds. The Bertz CT molecular complexity index is 1340. The molecule has 0 aliphatic carbocycles. The third kappa shape index (κ3) is 4.11. The molecule has 1 aliphatic rings. The average Bonchev–Trinajstić information content (AvgIpc) is 3.44. The number of imidazole rings is 1. The van der Waals surface area contributed by atoms with Crippen molar-refractivity contribution in [2.45, 2.75) is 30.6 Å². The van der Waals surface area contributed by atoms with Crippen molar-refractivity contribution in [1.82, 2.24) is 9.38 Å². The molecule has 1 aromatic carbocycles. The Morgan fingerprint density at radius 2 is 1.61 bits per heavy atom. The summed E-state index contributed by atoms with van der Waals surface area (Å²) in [5.74, 6) is -0.803. The number of halogens is 9. The van der Waals surface area contributed by atoms with Crippen LogP contribution in [0.3, 0.4) is 0 Å². The summed E-state index contributed by atoms with van der Waals surface area (Å²) in [4.78, 5) is 20.5. The average molecular weight is 525 g/mol. The number of hydrogen-bond acceptors (Lipinski definition) is 5. The van der Waals surface area contributed by atoms with Crippen molar-refractivity contribution in [1.29, 1.82) is 0 Å². The molecule has 15 heteroatoms. The number of aromatic nitrogens is 2. The van der Waals surface area contributed by atoms with Gasteiger partial charge in [0.15, 0.2) is 0 Å². The number of oxime groups is 1. The van der Waals surface area contributed by atoms with E-state index in [0.717, 1.165) is 13.2 Å². The molecule has 0 N–H and O–H groups in total. The van der Waals surface area contributed by atoms with Gasteiger partial charge in [0, 0.05) is 23.5 Å². The summed E-state index contributed by atoms with van der Waals surface area (Å²) in [5.41, 5.74) is -9.65. The molecule has 3 aromatic rings. The molecule has 192 valence electrons. The van der Waals surface area contributed by atoms with Crippen molar-refractivity contribution in [3.8, 4) is 0 Å². The quantitative estimate of drug-likeness (QED) is 0.323. The topological polar surface area (TPSA) is 65.2 Å². The van der Waals surface area contributed by atoms with Gasteiger partial charge in [-0.15, -0.1) is 0 Å². The van der Waals surface area contributed by atoms with E-state index in [1.165, 1.54) is 22.9 Å². The van der Waals surface area contributed by atoms with Gasteiger partial charge in [0.2, 0.25) is 0 Å². The molecule has 0 radical (unpaired) electrons. The number of hydrogen-bond donors (Lipinski definition) is 0. The highest BCUT2D eigenvalue weighted by Gasteiger charge is 2.63. The van der Waals surface area contributed by atoms with Gasteiger partial charge in [0.05, 0.1) is 30.4 Å². The van der Waals surface area contributed by atoms with Gasteiger partial charge in [-0.2, -0.15) is 39.5 Å². The van der Waals surface area contributed by atoms with Crippen LogP contribution in [-0.4, -0.2) is 34.4 Å². The number of esters is 1. The predicted molar refractivity (Wildman–Crippen MR) is 103 cm³/mol. The van der Waals surface area contributed by atoms with Crippen molar-refractivity contribution in [2.75, 3.05) is 7.11 Å². The molecule has 36 heavy (non-hydrogen) atoms. The van der Waals surface area contributed by atoms with Gasteiger partial charge in [-0.25, -0.2) is 9.78 Å². The maximum absolute atomic E-state index is 14.3. The number of carbonyl (C=O) groups is 1. The summed E-state index contributed by atoms with van der Waals surface area (Å²) >= 11 is 0. The Morgan fingerprint density at radius 1 is 1.00 bits per heavy atom. The Labute approximate surface area is 194 Å². The first kappa shape index (κ1) is 25.3. The lowest BCUT2D eigenvalue weighted by Crippen LogP contribution is -2.43. The summed E-state index contributed by atoms with van der Waals surface area (Å²) in [5, 5.41) is 3.38. The van der Waals surface area contributed by atoms with E-state index in [2.05, 4.69) is 19.7 Å². The minimum absolute atomic E-state index is 0.0490. The van der Waals surface area contributed by atoms with Gasteiger partial charge in [-0.05, 0) is 30.3 Å². The third-order valence-electron chi connectivity index (χ3n) is 5.49. The monoisotopic (exact) mass is 525 g/mol. The lowest BCUT2D eigenvalue weighted by Gasteiger charge is -2.30. The van der Waals surface area contributed by atoms with Gasteiger partial charge in [-0.3, -0.25) is 4.40 Å². The Hall–Kier alpha value is -3.78. The van der Waals surface area contributed by atoms with Crippen LogP contribution >= 0.6 is 0 Å². The molecular formula is C21H12F9N3O3. The van der Waals surface area contributed by atoms with Crippen LogP contribution in [0.1, 0.15) is 39.2 Å². The number of alkyl halides is 9. The number of fused-ring (bicyclic) bond motifs is 1. The van der Waals surface area contributed by atoms with E-state index in [9.17, 15) is 44.3 Å². The van der Waals surface area contributed by atoms with Gasteiger partial charge >= 0.3 is 24.5 Å². The minimum atomic E-state index is -5.48. The SMILES string of the molecule is COC(=O)c1ccc(C2=NOC(c3cc(C(F)(F)F)cc(C(F)(F)F)c3)(C(F)(F)F)C2)c2nccn12. The first-order valence-corrected chi connectivity index (χ1v) is 9.75. The second kappa shape index (κ2) is 8.13. The van der Waals surface area contributed by atoms with Gasteiger partial charge < -0.3 is 9.57 Å². The Balaban J connectivity index is 1.86. The van der Waals surface area contributed by atoms with Crippen molar-refractivity contribution in [3.63, 3.8) is 0 Å². The second-order valence-electron chi connectivity index (χ2n) is 7.67. The molecule has 4 rings (SSSR count). The minimum Gasteiger partial charge on any atom is -0.464 e. The van der Waals surface area contributed by atoms with Gasteiger partial charge in [-0.1, -0.05) is 5.16 Å². The molecule has 0 saturated heterocycles.